The molecule has 20 heavy (non-hydrogen) atoms. The highest BCUT2D eigenvalue weighted by Gasteiger charge is 2.19. The Balaban J connectivity index is 1.88. The molecule has 0 saturated heterocycles. The first-order valence-electron chi connectivity index (χ1n) is 7.30. The SMILES string of the molecule is CCC1CCC(Nc2ccc(NS(C)(=O)=O)cc2)CC1. The van der Waals surface area contributed by atoms with Gasteiger partial charge in [0.25, 0.3) is 0 Å². The van der Waals surface area contributed by atoms with E-state index in [9.17, 15) is 8.42 Å². The number of hydrogen-bond donors (Lipinski definition) is 2. The number of hydrogen-bond acceptors (Lipinski definition) is 3. The molecule has 0 aliphatic heterocycles. The van der Waals surface area contributed by atoms with Crippen LogP contribution >= 0.6 is 0 Å². The predicted molar refractivity (Wildman–Crippen MR) is 84.6 cm³/mol. The summed E-state index contributed by atoms with van der Waals surface area (Å²) in [6, 6.07) is 7.99. The summed E-state index contributed by atoms with van der Waals surface area (Å²) >= 11 is 0. The minimum atomic E-state index is -3.20. The van der Waals surface area contributed by atoms with Gasteiger partial charge < -0.3 is 5.32 Å². The van der Waals surface area contributed by atoms with E-state index >= 15 is 0 Å². The van der Waals surface area contributed by atoms with Gasteiger partial charge in [-0.1, -0.05) is 13.3 Å². The van der Waals surface area contributed by atoms with Gasteiger partial charge in [0.2, 0.25) is 10.0 Å². The Morgan fingerprint density at radius 2 is 1.60 bits per heavy atom. The Kier molecular flexibility index (Phi) is 4.91. The van der Waals surface area contributed by atoms with E-state index < -0.39 is 10.0 Å². The van der Waals surface area contributed by atoms with Crippen LogP contribution in [0.3, 0.4) is 0 Å². The van der Waals surface area contributed by atoms with E-state index in [0.717, 1.165) is 17.9 Å². The van der Waals surface area contributed by atoms with Gasteiger partial charge in [0, 0.05) is 17.4 Å². The highest BCUT2D eigenvalue weighted by atomic mass is 32.2. The van der Waals surface area contributed by atoms with Gasteiger partial charge in [-0.25, -0.2) is 8.42 Å². The van der Waals surface area contributed by atoms with Crippen LogP contribution in [0.4, 0.5) is 11.4 Å². The second-order valence-electron chi connectivity index (χ2n) is 5.72. The number of rotatable bonds is 5. The minimum Gasteiger partial charge on any atom is -0.382 e. The molecule has 112 valence electrons. The van der Waals surface area contributed by atoms with Crippen LogP contribution in [0.25, 0.3) is 0 Å². The zero-order valence-corrected chi connectivity index (χ0v) is 13.0. The lowest BCUT2D eigenvalue weighted by Gasteiger charge is -2.29. The molecule has 0 atom stereocenters. The van der Waals surface area contributed by atoms with E-state index in [2.05, 4.69) is 17.0 Å². The van der Waals surface area contributed by atoms with Crippen molar-refractivity contribution in [3.63, 3.8) is 0 Å². The third-order valence-electron chi connectivity index (χ3n) is 3.98. The lowest BCUT2D eigenvalue weighted by Crippen LogP contribution is -2.25. The Morgan fingerprint density at radius 3 is 2.10 bits per heavy atom. The standard InChI is InChI=1S/C15H24N2O2S/c1-3-12-4-6-13(7-5-12)16-14-8-10-15(11-9-14)17-20(2,18)19/h8-13,16-17H,3-7H2,1-2H3. The molecule has 0 bridgehead atoms. The normalized spacial score (nSPS) is 23.3. The van der Waals surface area contributed by atoms with Crippen LogP contribution < -0.4 is 10.0 Å². The quantitative estimate of drug-likeness (QED) is 0.875. The first kappa shape index (κ1) is 15.2. The average Bonchev–Trinajstić information content (AvgIpc) is 2.40. The fraction of sp³-hybridized carbons (Fsp3) is 0.600. The van der Waals surface area contributed by atoms with E-state index in [1.807, 2.05) is 12.1 Å². The topological polar surface area (TPSA) is 58.2 Å². The molecule has 1 aliphatic rings. The van der Waals surface area contributed by atoms with Crippen LogP contribution in [0.15, 0.2) is 24.3 Å². The molecule has 5 heteroatoms. The van der Waals surface area contributed by atoms with Crippen LogP contribution in [0.2, 0.25) is 0 Å². The maximum atomic E-state index is 11.1. The van der Waals surface area contributed by atoms with Crippen molar-refractivity contribution < 1.29 is 8.42 Å². The molecule has 1 aliphatic carbocycles. The first-order chi connectivity index (χ1) is 9.46. The smallest absolute Gasteiger partial charge is 0.229 e. The molecule has 0 heterocycles. The van der Waals surface area contributed by atoms with Gasteiger partial charge in [0.05, 0.1) is 6.26 Å². The van der Waals surface area contributed by atoms with E-state index in [1.54, 1.807) is 12.1 Å². The van der Waals surface area contributed by atoms with Crippen molar-refractivity contribution >= 4 is 21.4 Å². The van der Waals surface area contributed by atoms with Gasteiger partial charge >= 0.3 is 0 Å². The highest BCUT2D eigenvalue weighted by molar-refractivity contribution is 7.92. The fourth-order valence-corrected chi connectivity index (χ4v) is 3.36. The van der Waals surface area contributed by atoms with E-state index in [4.69, 9.17) is 0 Å². The maximum absolute atomic E-state index is 11.1. The summed E-state index contributed by atoms with van der Waals surface area (Å²) in [5.74, 6) is 0.898. The van der Waals surface area contributed by atoms with Crippen molar-refractivity contribution in [1.82, 2.24) is 0 Å². The number of nitrogens with one attached hydrogen (secondary N) is 2. The monoisotopic (exact) mass is 296 g/mol. The molecule has 0 aromatic heterocycles. The number of benzene rings is 1. The summed E-state index contributed by atoms with van der Waals surface area (Å²) in [6.45, 7) is 2.27. The Bertz CT molecular complexity index is 517. The van der Waals surface area contributed by atoms with Crippen molar-refractivity contribution in [1.29, 1.82) is 0 Å². The third kappa shape index (κ3) is 4.71. The van der Waals surface area contributed by atoms with E-state index in [1.165, 1.54) is 32.1 Å². The van der Waals surface area contributed by atoms with Crippen molar-refractivity contribution in [2.75, 3.05) is 16.3 Å². The summed E-state index contributed by atoms with van der Waals surface area (Å²) in [6.07, 6.45) is 7.51. The van der Waals surface area contributed by atoms with Crippen LogP contribution in [0.5, 0.6) is 0 Å². The van der Waals surface area contributed by atoms with Gasteiger partial charge in [-0.2, -0.15) is 0 Å². The molecule has 1 fully saturated rings. The maximum Gasteiger partial charge on any atom is 0.229 e. The van der Waals surface area contributed by atoms with Crippen LogP contribution in [0, 0.1) is 5.92 Å². The lowest BCUT2D eigenvalue weighted by atomic mass is 9.84. The zero-order chi connectivity index (χ0) is 14.6. The van der Waals surface area contributed by atoms with E-state index in [-0.39, 0.29) is 0 Å². The summed E-state index contributed by atoms with van der Waals surface area (Å²) in [4.78, 5) is 0. The molecule has 1 aromatic rings. The number of sulfonamides is 1. The molecule has 1 aromatic carbocycles. The Hall–Kier alpha value is -1.23. The molecular formula is C15H24N2O2S. The van der Waals surface area contributed by atoms with Gasteiger partial charge in [0.1, 0.15) is 0 Å². The van der Waals surface area contributed by atoms with Gasteiger partial charge in [-0.15, -0.1) is 0 Å². The Morgan fingerprint density at radius 1 is 1.05 bits per heavy atom. The van der Waals surface area contributed by atoms with Crippen molar-refractivity contribution in [2.45, 2.75) is 45.1 Å². The molecule has 2 N–H and O–H groups in total. The third-order valence-corrected chi connectivity index (χ3v) is 4.59. The molecule has 2 rings (SSSR count). The largest absolute Gasteiger partial charge is 0.382 e. The van der Waals surface area contributed by atoms with Gasteiger partial charge in [0.15, 0.2) is 0 Å². The van der Waals surface area contributed by atoms with Crippen molar-refractivity contribution in [3.8, 4) is 0 Å². The molecule has 1 saturated carbocycles. The van der Waals surface area contributed by atoms with Gasteiger partial charge in [-0.3, -0.25) is 4.72 Å². The van der Waals surface area contributed by atoms with Crippen molar-refractivity contribution in [3.05, 3.63) is 24.3 Å². The van der Waals surface area contributed by atoms with Crippen molar-refractivity contribution in [2.24, 2.45) is 5.92 Å². The zero-order valence-electron chi connectivity index (χ0n) is 12.2. The predicted octanol–water partition coefficient (Wildman–Crippen LogP) is 3.44. The summed E-state index contributed by atoms with van der Waals surface area (Å²) in [5, 5.41) is 3.54. The molecule has 0 spiro atoms. The summed E-state index contributed by atoms with van der Waals surface area (Å²) in [7, 11) is -3.20. The molecule has 4 nitrogen and oxygen atoms in total. The molecule has 0 radical (unpaired) electrons. The fourth-order valence-electron chi connectivity index (χ4n) is 2.80. The first-order valence-corrected chi connectivity index (χ1v) is 9.20. The summed E-state index contributed by atoms with van der Waals surface area (Å²) < 4.78 is 24.7. The number of anilines is 2. The molecule has 0 amide bonds. The van der Waals surface area contributed by atoms with Gasteiger partial charge in [-0.05, 0) is 55.9 Å². The lowest BCUT2D eigenvalue weighted by molar-refractivity contribution is 0.330. The van der Waals surface area contributed by atoms with Crippen LogP contribution in [0.1, 0.15) is 39.0 Å². The summed E-state index contributed by atoms with van der Waals surface area (Å²) in [5.41, 5.74) is 1.66. The average molecular weight is 296 g/mol. The molecular weight excluding hydrogens is 272 g/mol. The Labute approximate surface area is 122 Å². The second-order valence-corrected chi connectivity index (χ2v) is 7.47. The highest BCUT2D eigenvalue weighted by Crippen LogP contribution is 2.28. The van der Waals surface area contributed by atoms with Crippen LogP contribution in [-0.2, 0) is 10.0 Å². The second kappa shape index (κ2) is 6.48. The molecule has 0 unspecified atom stereocenters. The van der Waals surface area contributed by atoms with E-state index in [0.29, 0.717) is 11.7 Å². The van der Waals surface area contributed by atoms with Crippen LogP contribution in [-0.4, -0.2) is 20.7 Å². The minimum absolute atomic E-state index is 0.548.